The van der Waals surface area contributed by atoms with Gasteiger partial charge in [-0.25, -0.2) is 9.50 Å². The van der Waals surface area contributed by atoms with Gasteiger partial charge in [0, 0.05) is 12.4 Å². The van der Waals surface area contributed by atoms with E-state index in [1.165, 1.54) is 11.3 Å². The highest BCUT2D eigenvalue weighted by atomic mass is 32.1. The van der Waals surface area contributed by atoms with Crippen LogP contribution in [0.3, 0.4) is 0 Å². The van der Waals surface area contributed by atoms with Crippen LogP contribution < -0.4 is 5.32 Å². The SMILES string of the molecule is Cc1nn2cccnc2c1C(=O)NCC(C)(O)c1ccsc1. The van der Waals surface area contributed by atoms with Crippen molar-refractivity contribution in [2.75, 3.05) is 6.54 Å². The van der Waals surface area contributed by atoms with E-state index >= 15 is 0 Å². The Morgan fingerprint density at radius 2 is 2.36 bits per heavy atom. The minimum Gasteiger partial charge on any atom is -0.384 e. The lowest BCUT2D eigenvalue weighted by atomic mass is 9.99. The van der Waals surface area contributed by atoms with Gasteiger partial charge in [-0.15, -0.1) is 0 Å². The van der Waals surface area contributed by atoms with Crippen LogP contribution in [0.4, 0.5) is 0 Å². The van der Waals surface area contributed by atoms with Crippen LogP contribution in [0.5, 0.6) is 0 Å². The zero-order valence-electron chi connectivity index (χ0n) is 12.3. The minimum absolute atomic E-state index is 0.117. The molecule has 1 atom stereocenters. The number of carbonyl (C=O) groups is 1. The highest BCUT2D eigenvalue weighted by Gasteiger charge is 2.26. The molecule has 0 aliphatic heterocycles. The van der Waals surface area contributed by atoms with E-state index in [2.05, 4.69) is 15.4 Å². The average molecular weight is 316 g/mol. The maximum Gasteiger partial charge on any atom is 0.257 e. The van der Waals surface area contributed by atoms with Crippen molar-refractivity contribution in [2.24, 2.45) is 0 Å². The molecule has 0 saturated heterocycles. The van der Waals surface area contributed by atoms with Crippen molar-refractivity contribution in [1.29, 1.82) is 0 Å². The highest BCUT2D eigenvalue weighted by Crippen LogP contribution is 2.22. The van der Waals surface area contributed by atoms with Crippen LogP contribution in [0.2, 0.25) is 0 Å². The van der Waals surface area contributed by atoms with Crippen LogP contribution in [0.15, 0.2) is 35.3 Å². The van der Waals surface area contributed by atoms with Gasteiger partial charge in [-0.3, -0.25) is 4.79 Å². The molecular formula is C15H16N4O2S. The molecule has 1 amide bonds. The van der Waals surface area contributed by atoms with Crippen molar-refractivity contribution in [3.8, 4) is 0 Å². The van der Waals surface area contributed by atoms with Crippen LogP contribution >= 0.6 is 11.3 Å². The molecule has 3 aromatic heterocycles. The summed E-state index contributed by atoms with van der Waals surface area (Å²) in [6.07, 6.45) is 3.36. The van der Waals surface area contributed by atoms with E-state index in [0.29, 0.717) is 16.9 Å². The molecule has 0 saturated carbocycles. The van der Waals surface area contributed by atoms with Crippen molar-refractivity contribution < 1.29 is 9.90 Å². The van der Waals surface area contributed by atoms with Crippen molar-refractivity contribution in [1.82, 2.24) is 19.9 Å². The number of carbonyl (C=O) groups excluding carboxylic acids is 1. The highest BCUT2D eigenvalue weighted by molar-refractivity contribution is 7.08. The number of hydrogen-bond acceptors (Lipinski definition) is 5. The third-order valence-corrected chi connectivity index (χ3v) is 4.22. The summed E-state index contributed by atoms with van der Waals surface area (Å²) >= 11 is 1.51. The Kier molecular flexibility index (Phi) is 3.67. The molecule has 0 aliphatic carbocycles. The number of aryl methyl sites for hydroxylation is 1. The largest absolute Gasteiger partial charge is 0.384 e. The van der Waals surface area contributed by atoms with Crippen LogP contribution in [0.1, 0.15) is 28.5 Å². The lowest BCUT2D eigenvalue weighted by Crippen LogP contribution is -2.38. The summed E-state index contributed by atoms with van der Waals surface area (Å²) in [5.41, 5.74) is 1.22. The topological polar surface area (TPSA) is 79.5 Å². The summed E-state index contributed by atoms with van der Waals surface area (Å²) in [6, 6.07) is 3.60. The number of aliphatic hydroxyl groups is 1. The standard InChI is InChI=1S/C15H16N4O2S/c1-10-12(13-16-5-3-6-19(13)18-10)14(20)17-9-15(2,21)11-4-7-22-8-11/h3-8,21H,9H2,1-2H3,(H,17,20). The summed E-state index contributed by atoms with van der Waals surface area (Å²) < 4.78 is 1.57. The Morgan fingerprint density at radius 3 is 3.09 bits per heavy atom. The Hall–Kier alpha value is -2.25. The second-order valence-electron chi connectivity index (χ2n) is 5.32. The zero-order chi connectivity index (χ0) is 15.7. The second kappa shape index (κ2) is 5.51. The van der Waals surface area contributed by atoms with Crippen LogP contribution in [-0.4, -0.2) is 32.2 Å². The molecule has 2 N–H and O–H groups in total. The fourth-order valence-corrected chi connectivity index (χ4v) is 3.06. The second-order valence-corrected chi connectivity index (χ2v) is 6.10. The molecule has 0 aromatic carbocycles. The van der Waals surface area contributed by atoms with Crippen molar-refractivity contribution in [3.05, 3.63) is 52.1 Å². The maximum absolute atomic E-state index is 12.4. The molecule has 0 radical (unpaired) electrons. The number of nitrogens with one attached hydrogen (secondary N) is 1. The zero-order valence-corrected chi connectivity index (χ0v) is 13.1. The van der Waals surface area contributed by atoms with Gasteiger partial charge in [0.25, 0.3) is 5.91 Å². The van der Waals surface area contributed by atoms with Gasteiger partial charge < -0.3 is 10.4 Å². The number of aromatic nitrogens is 3. The van der Waals surface area contributed by atoms with Gasteiger partial charge in [-0.1, -0.05) is 0 Å². The maximum atomic E-state index is 12.4. The van der Waals surface area contributed by atoms with Gasteiger partial charge in [0.05, 0.1) is 12.2 Å². The monoisotopic (exact) mass is 316 g/mol. The summed E-state index contributed by atoms with van der Waals surface area (Å²) in [5.74, 6) is -0.290. The molecule has 0 aliphatic rings. The third-order valence-electron chi connectivity index (χ3n) is 3.53. The van der Waals surface area contributed by atoms with Crippen molar-refractivity contribution in [3.63, 3.8) is 0 Å². The first kappa shape index (κ1) is 14.7. The molecule has 3 heterocycles. The first-order valence-electron chi connectivity index (χ1n) is 6.82. The normalized spacial score (nSPS) is 14.0. The van der Waals surface area contributed by atoms with Gasteiger partial charge in [0.15, 0.2) is 5.65 Å². The Balaban J connectivity index is 1.81. The van der Waals surface area contributed by atoms with E-state index in [1.807, 2.05) is 16.8 Å². The molecule has 6 nitrogen and oxygen atoms in total. The molecule has 3 aromatic rings. The number of nitrogens with zero attached hydrogens (tertiary/aromatic N) is 3. The molecule has 114 valence electrons. The fourth-order valence-electron chi connectivity index (χ4n) is 2.28. The predicted octanol–water partition coefficient (Wildman–Crippen LogP) is 1.74. The first-order valence-corrected chi connectivity index (χ1v) is 7.76. The van der Waals surface area contributed by atoms with Crippen molar-refractivity contribution >= 4 is 22.9 Å². The summed E-state index contributed by atoms with van der Waals surface area (Å²) in [4.78, 5) is 16.6. The molecule has 0 fully saturated rings. The van der Waals surface area contributed by atoms with E-state index in [4.69, 9.17) is 0 Å². The number of thiophene rings is 1. The quantitative estimate of drug-likeness (QED) is 0.768. The molecule has 22 heavy (non-hydrogen) atoms. The van der Waals surface area contributed by atoms with Crippen LogP contribution in [0.25, 0.3) is 5.65 Å². The summed E-state index contributed by atoms with van der Waals surface area (Å²) in [6.45, 7) is 3.56. The average Bonchev–Trinajstić information content (AvgIpc) is 3.12. The van der Waals surface area contributed by atoms with E-state index in [-0.39, 0.29) is 12.5 Å². The Labute approximate surface area is 131 Å². The number of hydrogen-bond donors (Lipinski definition) is 2. The van der Waals surface area contributed by atoms with Gasteiger partial charge in [0.2, 0.25) is 0 Å². The first-order chi connectivity index (χ1) is 10.5. The molecule has 3 rings (SSSR count). The Morgan fingerprint density at radius 1 is 1.55 bits per heavy atom. The van der Waals surface area contributed by atoms with E-state index < -0.39 is 5.60 Å². The van der Waals surface area contributed by atoms with Crippen LogP contribution in [0, 0.1) is 6.92 Å². The Bertz CT molecular complexity index is 808. The van der Waals surface area contributed by atoms with Gasteiger partial charge in [-0.05, 0) is 42.3 Å². The molecular weight excluding hydrogens is 300 g/mol. The summed E-state index contributed by atoms with van der Waals surface area (Å²) in [5, 5.41) is 21.3. The predicted molar refractivity (Wildman–Crippen MR) is 83.9 cm³/mol. The number of rotatable bonds is 4. The lowest BCUT2D eigenvalue weighted by molar-refractivity contribution is 0.0530. The van der Waals surface area contributed by atoms with Gasteiger partial charge >= 0.3 is 0 Å². The molecule has 1 unspecified atom stereocenters. The summed E-state index contributed by atoms with van der Waals surface area (Å²) in [7, 11) is 0. The van der Waals surface area contributed by atoms with E-state index in [0.717, 1.165) is 5.56 Å². The molecule has 0 spiro atoms. The number of amides is 1. The molecule has 0 bridgehead atoms. The minimum atomic E-state index is -1.11. The van der Waals surface area contributed by atoms with Gasteiger partial charge in [-0.2, -0.15) is 16.4 Å². The number of fused-ring (bicyclic) bond motifs is 1. The third kappa shape index (κ3) is 2.60. The lowest BCUT2D eigenvalue weighted by Gasteiger charge is -2.22. The van der Waals surface area contributed by atoms with Gasteiger partial charge in [0.1, 0.15) is 11.2 Å². The van der Waals surface area contributed by atoms with E-state index in [1.54, 1.807) is 36.8 Å². The van der Waals surface area contributed by atoms with Crippen LogP contribution in [-0.2, 0) is 5.60 Å². The smallest absolute Gasteiger partial charge is 0.257 e. The molecule has 7 heteroatoms. The van der Waals surface area contributed by atoms with Crippen molar-refractivity contribution in [2.45, 2.75) is 19.4 Å². The fraction of sp³-hybridized carbons (Fsp3) is 0.267. The van der Waals surface area contributed by atoms with E-state index in [9.17, 15) is 9.90 Å².